The van der Waals surface area contributed by atoms with Crippen molar-refractivity contribution >= 4 is 80.3 Å². The van der Waals surface area contributed by atoms with Crippen molar-refractivity contribution in [3.05, 3.63) is 61.2 Å². The van der Waals surface area contributed by atoms with Crippen molar-refractivity contribution in [2.45, 2.75) is 8.42 Å². The van der Waals surface area contributed by atoms with Crippen LogP contribution in [0.1, 0.15) is 0 Å². The number of hydrogen-bond donors (Lipinski definition) is 0. The Balaban J connectivity index is 2.42. The van der Waals surface area contributed by atoms with Crippen molar-refractivity contribution in [2.75, 3.05) is 3.71 Å². The molecule has 0 atom stereocenters. The van der Waals surface area contributed by atoms with Gasteiger partial charge in [-0.05, 0) is 56.1 Å². The zero-order valence-electron chi connectivity index (χ0n) is 13.4. The van der Waals surface area contributed by atoms with E-state index in [-0.39, 0.29) is 13.6 Å². The summed E-state index contributed by atoms with van der Waals surface area (Å²) < 4.78 is 107. The van der Waals surface area contributed by atoms with Crippen LogP contribution in [0.15, 0.2) is 46.3 Å². The van der Waals surface area contributed by atoms with Crippen LogP contribution in [0, 0.1) is 23.3 Å². The maximum absolute atomic E-state index is 14.4. The number of rotatable bonds is 5. The fraction of sp³-hybridized carbons (Fsp3) is 0. The maximum Gasteiger partial charge on any atom is 0.287 e. The molecule has 0 N–H and O–H groups in total. The van der Waals surface area contributed by atoms with E-state index in [1.54, 1.807) is 0 Å². The lowest BCUT2D eigenvalue weighted by molar-refractivity contribution is 0.457. The van der Waals surface area contributed by atoms with Crippen molar-refractivity contribution in [1.82, 2.24) is 0 Å². The molecule has 3 aromatic rings. The second-order valence-corrected chi connectivity index (χ2v) is 14.3. The average molecular weight is 615 g/mol. The van der Waals surface area contributed by atoms with Crippen LogP contribution >= 0.6 is 54.5 Å². The quantitative estimate of drug-likeness (QED) is 0.282. The van der Waals surface area contributed by atoms with Gasteiger partial charge in [-0.2, -0.15) is 16.8 Å². The van der Waals surface area contributed by atoms with E-state index in [1.165, 1.54) is 12.1 Å². The molecule has 5 nitrogen and oxygen atoms in total. The summed E-state index contributed by atoms with van der Waals surface area (Å²) in [6.45, 7) is 0. The topological polar surface area (TPSA) is 71.5 Å². The average Bonchev–Trinajstić information content (AvgIpc) is 3.25. The highest BCUT2D eigenvalue weighted by Crippen LogP contribution is 2.40. The monoisotopic (exact) mass is 613 g/mol. The Bertz CT molecular complexity index is 1220. The lowest BCUT2D eigenvalue weighted by atomic mass is 10.3. The summed E-state index contributed by atoms with van der Waals surface area (Å²) in [4.78, 5) is 0. The van der Waals surface area contributed by atoms with E-state index in [9.17, 15) is 34.4 Å². The molecule has 0 saturated carbocycles. The lowest BCUT2D eigenvalue weighted by Crippen LogP contribution is -2.38. The Hall–Kier alpha value is -1.000. The van der Waals surface area contributed by atoms with Gasteiger partial charge in [0.15, 0.2) is 23.3 Å². The van der Waals surface area contributed by atoms with Crippen LogP contribution in [0.25, 0.3) is 0 Å². The molecule has 29 heavy (non-hydrogen) atoms. The molecule has 0 unspecified atom stereocenters. The molecule has 2 heterocycles. The molecular formula is C14H5Br2F4NO4S4. The smallest absolute Gasteiger partial charge is 0.204 e. The second-order valence-electron chi connectivity index (χ2n) is 5.14. The Labute approximate surface area is 187 Å². The normalized spacial score (nSPS) is 12.3. The first-order valence-electron chi connectivity index (χ1n) is 7.01. The molecule has 0 aliphatic rings. The highest BCUT2D eigenvalue weighted by molar-refractivity contribution is 9.11. The predicted molar refractivity (Wildman–Crippen MR) is 107 cm³/mol. The van der Waals surface area contributed by atoms with Gasteiger partial charge in [0.25, 0.3) is 20.0 Å². The number of halogens is 6. The van der Waals surface area contributed by atoms with Crippen molar-refractivity contribution < 1.29 is 34.4 Å². The van der Waals surface area contributed by atoms with Crippen LogP contribution in [-0.2, 0) is 20.0 Å². The second kappa shape index (κ2) is 7.92. The minimum atomic E-state index is -5.20. The van der Waals surface area contributed by atoms with Gasteiger partial charge in [-0.15, -0.1) is 26.4 Å². The Morgan fingerprint density at radius 3 is 1.41 bits per heavy atom. The number of sulfonamides is 2. The summed E-state index contributed by atoms with van der Waals surface area (Å²) in [5.41, 5.74) is -1.91. The molecule has 15 heteroatoms. The third-order valence-electron chi connectivity index (χ3n) is 3.31. The number of hydrogen-bond acceptors (Lipinski definition) is 6. The minimum Gasteiger partial charge on any atom is -0.204 e. The van der Waals surface area contributed by atoms with Crippen LogP contribution in [0.3, 0.4) is 0 Å². The summed E-state index contributed by atoms with van der Waals surface area (Å²) in [5.74, 6) is -8.28. The fourth-order valence-corrected chi connectivity index (χ4v) is 10.2. The van der Waals surface area contributed by atoms with E-state index in [0.29, 0.717) is 22.7 Å². The maximum atomic E-state index is 14.4. The van der Waals surface area contributed by atoms with Crippen LogP contribution in [0.5, 0.6) is 0 Å². The minimum absolute atomic E-state index is 0.158. The Morgan fingerprint density at radius 2 is 1.10 bits per heavy atom. The number of anilines is 1. The molecule has 1 aromatic carbocycles. The first-order valence-corrected chi connectivity index (χ1v) is 13.1. The van der Waals surface area contributed by atoms with Crippen molar-refractivity contribution in [3.63, 3.8) is 0 Å². The Morgan fingerprint density at radius 1 is 0.724 bits per heavy atom. The van der Waals surface area contributed by atoms with E-state index >= 15 is 0 Å². The molecule has 0 radical (unpaired) electrons. The predicted octanol–water partition coefficient (Wildman–Crippen LogP) is 5.48. The van der Waals surface area contributed by atoms with Crippen molar-refractivity contribution in [3.8, 4) is 0 Å². The largest absolute Gasteiger partial charge is 0.287 e. The highest BCUT2D eigenvalue weighted by atomic mass is 79.9. The zero-order valence-corrected chi connectivity index (χ0v) is 19.8. The van der Waals surface area contributed by atoms with Gasteiger partial charge in [-0.25, -0.2) is 17.6 Å². The first-order chi connectivity index (χ1) is 13.4. The van der Waals surface area contributed by atoms with E-state index in [2.05, 4.69) is 31.9 Å². The summed E-state index contributed by atoms with van der Waals surface area (Å²) in [6.07, 6.45) is 0. The van der Waals surface area contributed by atoms with Crippen molar-refractivity contribution in [2.24, 2.45) is 0 Å². The first kappa shape index (κ1) is 22.7. The zero-order chi connectivity index (χ0) is 21.7. The van der Waals surface area contributed by atoms with Crippen molar-refractivity contribution in [1.29, 1.82) is 0 Å². The van der Waals surface area contributed by atoms with Crippen LogP contribution in [0.4, 0.5) is 23.2 Å². The van der Waals surface area contributed by atoms with Crippen LogP contribution < -0.4 is 3.71 Å². The number of benzene rings is 1. The van der Waals surface area contributed by atoms with Gasteiger partial charge >= 0.3 is 0 Å². The third kappa shape index (κ3) is 3.99. The molecule has 0 amide bonds. The van der Waals surface area contributed by atoms with E-state index < -0.39 is 61.1 Å². The Kier molecular flexibility index (Phi) is 6.20. The van der Waals surface area contributed by atoms with E-state index in [4.69, 9.17) is 0 Å². The van der Waals surface area contributed by atoms with Gasteiger partial charge in [0.05, 0.1) is 7.57 Å². The molecule has 156 valence electrons. The van der Waals surface area contributed by atoms with Crippen LogP contribution in [0.2, 0.25) is 0 Å². The van der Waals surface area contributed by atoms with Gasteiger partial charge < -0.3 is 0 Å². The SMILES string of the molecule is O=S(=O)(c1ccc(Br)s1)N(c1c(F)c(F)cc(F)c1F)S(=O)(=O)c1ccc(Br)s1. The van der Waals surface area contributed by atoms with E-state index in [1.807, 2.05) is 0 Å². The van der Waals surface area contributed by atoms with Gasteiger partial charge in [0.1, 0.15) is 14.1 Å². The molecule has 2 aromatic heterocycles. The van der Waals surface area contributed by atoms with Gasteiger partial charge in [-0.3, -0.25) is 0 Å². The molecular weight excluding hydrogens is 610 g/mol. The molecule has 0 bridgehead atoms. The summed E-state index contributed by atoms with van der Waals surface area (Å²) in [7, 11) is -10.4. The van der Waals surface area contributed by atoms with Gasteiger partial charge in [-0.1, -0.05) is 0 Å². The molecule has 3 rings (SSSR count). The molecule has 0 aliphatic carbocycles. The van der Waals surface area contributed by atoms with Gasteiger partial charge in [0.2, 0.25) is 0 Å². The van der Waals surface area contributed by atoms with Crippen LogP contribution in [-0.4, -0.2) is 16.8 Å². The number of nitrogens with zero attached hydrogens (tertiary/aromatic N) is 1. The summed E-state index contributed by atoms with van der Waals surface area (Å²) in [5, 5.41) is 0. The van der Waals surface area contributed by atoms with E-state index in [0.717, 1.165) is 12.1 Å². The third-order valence-corrected chi connectivity index (χ3v) is 11.6. The summed E-state index contributed by atoms with van der Waals surface area (Å²) in [6, 6.07) is 4.30. The van der Waals surface area contributed by atoms with Gasteiger partial charge in [0, 0.05) is 6.07 Å². The lowest BCUT2D eigenvalue weighted by Gasteiger charge is -2.23. The summed E-state index contributed by atoms with van der Waals surface area (Å²) >= 11 is 7.07. The molecule has 0 aliphatic heterocycles. The fourth-order valence-electron chi connectivity index (χ4n) is 2.13. The standard InChI is InChI=1S/C14H5Br2F4NO4S4/c15-8-1-3-10(26-8)28(22,23)21(29(24,25)11-4-2-9(16)27-11)14-12(19)6(17)5-7(18)13(14)20/h1-5H. The number of thiophene rings is 2. The molecule has 0 saturated heterocycles. The molecule has 0 spiro atoms. The highest BCUT2D eigenvalue weighted by Gasteiger charge is 2.43. The molecule has 0 fully saturated rings.